The maximum absolute atomic E-state index is 13.6. The third-order valence-corrected chi connectivity index (χ3v) is 11.8. The fourth-order valence-corrected chi connectivity index (χ4v) is 8.73. The van der Waals surface area contributed by atoms with Gasteiger partial charge in [0.2, 0.25) is 11.9 Å². The number of allylic oxidation sites excluding steroid dienone is 1. The molecule has 2 fully saturated rings. The summed E-state index contributed by atoms with van der Waals surface area (Å²) in [6.45, 7) is 9.41. The number of carbonyl (C=O) groups is 4. The molecule has 4 aromatic rings. The molecule has 2 saturated heterocycles. The molecule has 3 aromatic heterocycles. The van der Waals surface area contributed by atoms with Crippen LogP contribution in [0.5, 0.6) is 0 Å². The van der Waals surface area contributed by atoms with E-state index in [-0.39, 0.29) is 35.9 Å². The van der Waals surface area contributed by atoms with Crippen molar-refractivity contribution in [2.24, 2.45) is 0 Å². The highest BCUT2D eigenvalue weighted by molar-refractivity contribution is 6.24. The Balaban J connectivity index is 0.920. The summed E-state index contributed by atoms with van der Waals surface area (Å²) in [5.74, 6) is 0.271. The minimum absolute atomic E-state index is 0.0299. The maximum Gasteiger partial charge on any atom is 0.278 e. The monoisotopic (exact) mass is 746 g/mol. The lowest BCUT2D eigenvalue weighted by atomic mass is 9.96. The van der Waals surface area contributed by atoms with Gasteiger partial charge in [0.15, 0.2) is 11.5 Å². The number of pyridine rings is 1. The van der Waals surface area contributed by atoms with E-state index in [1.165, 1.54) is 12.6 Å². The van der Waals surface area contributed by atoms with Crippen LogP contribution in [0.3, 0.4) is 0 Å². The quantitative estimate of drug-likeness (QED) is 0.117. The number of hydrogen-bond donors (Lipinski definition) is 2. The molecule has 0 bridgehead atoms. The number of hydrogen-bond acceptors (Lipinski definition) is 11. The first kappa shape index (κ1) is 36.3. The van der Waals surface area contributed by atoms with Gasteiger partial charge in [-0.15, -0.1) is 6.58 Å². The number of aldehydes is 1. The minimum atomic E-state index is -1.01. The zero-order valence-corrected chi connectivity index (χ0v) is 31.2. The van der Waals surface area contributed by atoms with Gasteiger partial charge in [-0.25, -0.2) is 19.3 Å². The van der Waals surface area contributed by atoms with Crippen molar-refractivity contribution in [3.8, 4) is 5.82 Å². The third-order valence-electron chi connectivity index (χ3n) is 11.8. The molecule has 1 aliphatic carbocycles. The molecule has 0 spiro atoms. The molecule has 1 aromatic carbocycles. The van der Waals surface area contributed by atoms with E-state index in [2.05, 4.69) is 45.0 Å². The summed E-state index contributed by atoms with van der Waals surface area (Å²) in [5, 5.41) is 6.42. The van der Waals surface area contributed by atoms with Gasteiger partial charge in [0.25, 0.3) is 17.4 Å². The predicted molar refractivity (Wildman–Crippen MR) is 207 cm³/mol. The number of fused-ring (bicyclic) bond motifs is 3. The Morgan fingerprint density at radius 1 is 1.05 bits per heavy atom. The number of nitrogens with zero attached hydrogens (tertiary/aromatic N) is 8. The van der Waals surface area contributed by atoms with E-state index in [9.17, 15) is 24.0 Å². The minimum Gasteiger partial charge on any atom is -0.371 e. The van der Waals surface area contributed by atoms with Gasteiger partial charge < -0.3 is 20.3 Å². The van der Waals surface area contributed by atoms with E-state index < -0.39 is 17.9 Å². The number of amides is 3. The zero-order chi connectivity index (χ0) is 38.4. The standard InChI is InChI=1S/C40H46N10O5/c1-4-17-48-37(53)30-20-42-40(45-36(30)50(48)32-13-11-25-10-9-24(5-2)35(25)44-32)43-26-21-47(22-26)27-15-18-46(19-16-27)31-8-6-7-29-34(31)39(55)49(38(29)54)28(23-51)12-14-33(52)41-3/h4,6-8,11,13,20,23-24,26-28H,1,5,9-10,12,14-19,21-22H2,2-3H3,(H,41,52)(H,42,43,45). The lowest BCUT2D eigenvalue weighted by Gasteiger charge is -2.47. The Kier molecular flexibility index (Phi) is 9.80. The van der Waals surface area contributed by atoms with Crippen LogP contribution in [0.1, 0.15) is 83.3 Å². The molecule has 2 N–H and O–H groups in total. The van der Waals surface area contributed by atoms with E-state index in [1.54, 1.807) is 33.8 Å². The molecule has 55 heavy (non-hydrogen) atoms. The lowest BCUT2D eigenvalue weighted by Crippen LogP contribution is -2.60. The molecule has 4 aliphatic rings. The van der Waals surface area contributed by atoms with Gasteiger partial charge in [-0.05, 0) is 62.3 Å². The first-order valence-electron chi connectivity index (χ1n) is 19.3. The van der Waals surface area contributed by atoms with Gasteiger partial charge in [-0.2, -0.15) is 4.98 Å². The maximum atomic E-state index is 13.6. The average molecular weight is 747 g/mol. The van der Waals surface area contributed by atoms with Gasteiger partial charge in [-0.3, -0.25) is 29.0 Å². The molecule has 3 amide bonds. The van der Waals surface area contributed by atoms with Crippen molar-refractivity contribution in [1.29, 1.82) is 0 Å². The summed E-state index contributed by atoms with van der Waals surface area (Å²) < 4.78 is 3.42. The Labute approximate surface area is 318 Å². The second kappa shape index (κ2) is 14.9. The normalized spacial score (nSPS) is 19.3. The molecule has 15 heteroatoms. The molecule has 8 rings (SSSR count). The molecule has 3 aliphatic heterocycles. The fourth-order valence-electron chi connectivity index (χ4n) is 8.73. The van der Waals surface area contributed by atoms with Crippen molar-refractivity contribution < 1.29 is 19.2 Å². The van der Waals surface area contributed by atoms with Crippen LogP contribution in [0, 0.1) is 0 Å². The number of aromatic nitrogens is 5. The zero-order valence-electron chi connectivity index (χ0n) is 31.2. The SMILES string of the molecule is C=CCn1c(=O)c2cnc(NC3CN(C4CCN(c5cccc6c5C(=O)N(C(C=O)CCC(=O)NC)C6=O)CC4)C3)nc2n1-c1ccc2c(n1)C(CC)CC2. The van der Waals surface area contributed by atoms with Crippen LogP contribution in [-0.2, 0) is 22.6 Å². The van der Waals surface area contributed by atoms with E-state index in [4.69, 9.17) is 9.97 Å². The summed E-state index contributed by atoms with van der Waals surface area (Å²) in [6, 6.07) is 8.83. The first-order valence-corrected chi connectivity index (χ1v) is 19.3. The van der Waals surface area contributed by atoms with Crippen LogP contribution in [0.15, 0.2) is 54.0 Å². The summed E-state index contributed by atoms with van der Waals surface area (Å²) >= 11 is 0. The smallest absolute Gasteiger partial charge is 0.278 e. The molecule has 2 unspecified atom stereocenters. The third kappa shape index (κ3) is 6.39. The van der Waals surface area contributed by atoms with Crippen LogP contribution in [0.2, 0.25) is 0 Å². The van der Waals surface area contributed by atoms with Gasteiger partial charge in [0.1, 0.15) is 11.7 Å². The van der Waals surface area contributed by atoms with Gasteiger partial charge in [0, 0.05) is 63.5 Å². The number of anilines is 2. The van der Waals surface area contributed by atoms with Crippen LogP contribution < -0.4 is 21.1 Å². The lowest BCUT2D eigenvalue weighted by molar-refractivity contribution is -0.121. The van der Waals surface area contributed by atoms with Crippen LogP contribution >= 0.6 is 0 Å². The van der Waals surface area contributed by atoms with Crippen LogP contribution in [0.4, 0.5) is 11.6 Å². The largest absolute Gasteiger partial charge is 0.371 e. The number of aryl methyl sites for hydroxylation is 1. The van der Waals surface area contributed by atoms with E-state index in [0.717, 1.165) is 55.8 Å². The summed E-state index contributed by atoms with van der Waals surface area (Å²) in [6.07, 6.45) is 8.85. The Bertz CT molecular complexity index is 2250. The van der Waals surface area contributed by atoms with Gasteiger partial charge >= 0.3 is 0 Å². The van der Waals surface area contributed by atoms with Crippen molar-refractivity contribution in [1.82, 2.24) is 39.4 Å². The number of imide groups is 1. The number of benzene rings is 1. The predicted octanol–water partition coefficient (Wildman–Crippen LogP) is 3.06. The van der Waals surface area contributed by atoms with Crippen molar-refractivity contribution >= 4 is 46.7 Å². The highest BCUT2D eigenvalue weighted by Gasteiger charge is 2.43. The molecule has 6 heterocycles. The molecular weight excluding hydrogens is 701 g/mol. The average Bonchev–Trinajstić information content (AvgIpc) is 3.82. The number of carbonyl (C=O) groups excluding carboxylic acids is 4. The Morgan fingerprint density at radius 2 is 1.85 bits per heavy atom. The van der Waals surface area contributed by atoms with Crippen LogP contribution in [0.25, 0.3) is 16.9 Å². The van der Waals surface area contributed by atoms with Gasteiger partial charge in [0.05, 0.1) is 35.4 Å². The second-order valence-electron chi connectivity index (χ2n) is 14.9. The highest BCUT2D eigenvalue weighted by Crippen LogP contribution is 2.36. The molecular formula is C40H46N10O5. The first-order chi connectivity index (χ1) is 26.7. The Hall–Kier alpha value is -5.70. The second-order valence-corrected chi connectivity index (χ2v) is 14.9. The Morgan fingerprint density at radius 3 is 2.58 bits per heavy atom. The van der Waals surface area contributed by atoms with Crippen molar-refractivity contribution in [2.45, 2.75) is 82.5 Å². The molecule has 15 nitrogen and oxygen atoms in total. The topological polar surface area (TPSA) is 168 Å². The van der Waals surface area contributed by atoms with Crippen molar-refractivity contribution in [3.63, 3.8) is 0 Å². The summed E-state index contributed by atoms with van der Waals surface area (Å²) in [4.78, 5) is 84.3. The number of nitrogens with one attached hydrogen (secondary N) is 2. The van der Waals surface area contributed by atoms with Crippen LogP contribution in [-0.4, -0.2) is 109 Å². The van der Waals surface area contributed by atoms with E-state index in [1.807, 2.05) is 12.1 Å². The molecule has 0 saturated carbocycles. The summed E-state index contributed by atoms with van der Waals surface area (Å²) in [5.41, 5.74) is 4.01. The molecule has 286 valence electrons. The number of rotatable bonds is 13. The van der Waals surface area contributed by atoms with E-state index in [0.29, 0.717) is 71.9 Å². The van der Waals surface area contributed by atoms with Crippen molar-refractivity contribution in [2.75, 3.05) is 43.4 Å². The molecule has 2 atom stereocenters. The molecule has 0 radical (unpaired) electrons. The number of likely N-dealkylation sites (tertiary alicyclic amines) is 1. The number of piperidine rings is 1. The van der Waals surface area contributed by atoms with E-state index >= 15 is 0 Å². The van der Waals surface area contributed by atoms with Gasteiger partial charge in [-0.1, -0.05) is 25.1 Å². The summed E-state index contributed by atoms with van der Waals surface area (Å²) in [7, 11) is 1.50. The fraction of sp³-hybridized carbons (Fsp3) is 0.450. The van der Waals surface area contributed by atoms with Crippen molar-refractivity contribution in [3.05, 3.63) is 81.9 Å². The highest BCUT2D eigenvalue weighted by atomic mass is 16.2.